The van der Waals surface area contributed by atoms with Crippen LogP contribution in [0.4, 0.5) is 18.9 Å². The molecule has 3 aliphatic rings. The zero-order valence-electron chi connectivity index (χ0n) is 64.9. The van der Waals surface area contributed by atoms with Gasteiger partial charge in [-0.15, -0.1) is 0 Å². The number of rotatable bonds is 40. The number of primary amides is 3. The molecular weight excluding hydrogens is 1650 g/mol. The molecule has 5 aromatic rings. The van der Waals surface area contributed by atoms with Gasteiger partial charge in [0.15, 0.2) is 27.1 Å². The Morgan fingerprint density at radius 2 is 1.17 bits per heavy atom. The maximum absolute atomic E-state index is 14.8. The number of anilines is 1. The lowest BCUT2D eigenvalue weighted by atomic mass is 9.89. The van der Waals surface area contributed by atoms with Crippen molar-refractivity contribution in [2.75, 3.05) is 32.5 Å². The third-order valence-electron chi connectivity index (χ3n) is 18.9. The number of aromatic hydroxyl groups is 1. The van der Waals surface area contributed by atoms with Gasteiger partial charge in [0.2, 0.25) is 59.1 Å². The van der Waals surface area contributed by atoms with Crippen molar-refractivity contribution < 1.29 is 126 Å². The maximum atomic E-state index is 14.8. The Labute approximate surface area is 692 Å². The molecule has 45 heteroatoms. The average Bonchev–Trinajstić information content (AvgIpc) is 0.767. The second-order valence-electron chi connectivity index (χ2n) is 27.8. The number of carbonyl (C=O) groups is 13. The first-order valence-electron chi connectivity index (χ1n) is 37.1. The van der Waals surface area contributed by atoms with Gasteiger partial charge in [-0.1, -0.05) is 60.7 Å². The number of aromatic carboxylic acids is 1. The smallest absolute Gasteiger partial charge is 0.490 e. The van der Waals surface area contributed by atoms with Crippen LogP contribution >= 0.6 is 0 Å². The van der Waals surface area contributed by atoms with Gasteiger partial charge in [-0.2, -0.15) is 30.0 Å². The summed E-state index contributed by atoms with van der Waals surface area (Å²) < 4.78 is 114. The number of nitrogens with zero attached hydrogens (tertiary/aromatic N) is 1. The van der Waals surface area contributed by atoms with E-state index in [4.69, 9.17) is 58.5 Å². The molecule has 2 aliphatic heterocycles. The van der Waals surface area contributed by atoms with Crippen molar-refractivity contribution in [3.05, 3.63) is 155 Å². The molecule has 0 saturated carbocycles. The second kappa shape index (κ2) is 42.7. The number of hydrogen-bond donors (Lipinski definition) is 20. The van der Waals surface area contributed by atoms with E-state index < -0.39 is 209 Å². The molecule has 2 heterocycles. The molecule has 0 radical (unpaired) electrons. The monoisotopic (exact) mass is 1740 g/mol. The molecule has 5 aromatic carbocycles. The lowest BCUT2D eigenvalue weighted by molar-refractivity contribution is -0.192. The number of guanidine groups is 1. The number of methoxy groups -OCH3 is 1. The number of nitrogen functional groups attached to an aromatic ring is 1. The van der Waals surface area contributed by atoms with Gasteiger partial charge in [0.1, 0.15) is 53.8 Å². The number of fused-ring (bicyclic) bond motifs is 2. The maximum Gasteiger partial charge on any atom is 0.490 e. The Kier molecular flexibility index (Phi) is 33.4. The highest BCUT2D eigenvalue weighted by Gasteiger charge is 2.42. The van der Waals surface area contributed by atoms with Gasteiger partial charge in [0.25, 0.3) is 26.1 Å². The van der Waals surface area contributed by atoms with E-state index in [1.807, 2.05) is 0 Å². The highest BCUT2D eigenvalue weighted by molar-refractivity contribution is 7.86. The number of carbonyl (C=O) groups excluding carboxylic acids is 11. The Bertz CT molecular complexity index is 5380. The summed E-state index contributed by atoms with van der Waals surface area (Å²) in [7, 11) is -9.13. The van der Waals surface area contributed by atoms with E-state index in [0.29, 0.717) is 22.4 Å². The van der Waals surface area contributed by atoms with E-state index in [1.54, 1.807) is 66.7 Å². The van der Waals surface area contributed by atoms with E-state index in [1.165, 1.54) is 31.4 Å². The van der Waals surface area contributed by atoms with E-state index in [0.717, 1.165) is 35.2 Å². The molecule has 0 aromatic heterocycles. The first-order valence-corrected chi connectivity index (χ1v) is 40.0. The van der Waals surface area contributed by atoms with Crippen molar-refractivity contribution in [3.63, 3.8) is 0 Å². The van der Waals surface area contributed by atoms with Crippen LogP contribution in [-0.2, 0) is 92.2 Å². The number of ether oxygens (including phenoxy) is 1. The molecule has 0 spiro atoms. The first kappa shape index (κ1) is 95.3. The number of carboxylic acids is 2. The summed E-state index contributed by atoms with van der Waals surface area (Å²) >= 11 is 0. The summed E-state index contributed by atoms with van der Waals surface area (Å²) in [5.74, 6) is -15.5. The fraction of sp³-hybridized carbons (Fsp3) is 0.338. The van der Waals surface area contributed by atoms with Crippen LogP contribution in [0.2, 0.25) is 0 Å². The number of phenolic OH excluding ortho intramolecular Hbond substituents is 1. The van der Waals surface area contributed by atoms with Gasteiger partial charge in [0.05, 0.1) is 30.1 Å². The van der Waals surface area contributed by atoms with Crippen LogP contribution < -0.4 is 81.3 Å². The van der Waals surface area contributed by atoms with Gasteiger partial charge in [-0.05, 0) is 141 Å². The number of carboxylic acid groups (broad SMARTS) is 2. The number of hydrogen-bond acceptors (Lipinski definition) is 23. The number of nitrogens with two attached hydrogens (primary N) is 5. The molecule has 0 unspecified atom stereocenters. The van der Waals surface area contributed by atoms with Crippen molar-refractivity contribution in [2.45, 2.75) is 148 Å². The molecule has 7 atom stereocenters. The summed E-state index contributed by atoms with van der Waals surface area (Å²) in [5, 5.41) is 63.0. The number of amides is 11. The lowest BCUT2D eigenvalue weighted by Gasteiger charge is -2.31. The molecule has 8 rings (SSSR count). The molecular formula is C77H89F3N16O24S2. The molecule has 25 N–H and O–H groups in total. The summed E-state index contributed by atoms with van der Waals surface area (Å²) in [6, 6.07) is 18.1. The van der Waals surface area contributed by atoms with Gasteiger partial charge >= 0.3 is 18.1 Å². The first-order chi connectivity index (χ1) is 57.4. The molecule has 40 nitrogen and oxygen atoms in total. The number of halogens is 3. The zero-order valence-corrected chi connectivity index (χ0v) is 66.5. The van der Waals surface area contributed by atoms with Gasteiger partial charge in [0, 0.05) is 67.4 Å². The zero-order chi connectivity index (χ0) is 90.3. The molecule has 0 bridgehead atoms. The largest absolute Gasteiger partial charge is 0.508 e. The summed E-state index contributed by atoms with van der Waals surface area (Å²) in [5.41, 5.74) is 27.2. The molecule has 654 valence electrons. The molecule has 11 amide bonds. The average molecular weight is 1740 g/mol. The third kappa shape index (κ3) is 27.1. The van der Waals surface area contributed by atoms with Gasteiger partial charge in [-0.3, -0.25) is 72.7 Å². The summed E-state index contributed by atoms with van der Waals surface area (Å²) in [6.07, 6.45) is -7.07. The van der Waals surface area contributed by atoms with Crippen LogP contribution in [0.5, 0.6) is 11.5 Å². The van der Waals surface area contributed by atoms with Crippen molar-refractivity contribution >= 4 is 120 Å². The topological polar surface area (TPSA) is 691 Å². The number of nitrogens with one attached hydrogen (secondary N) is 10. The number of alkyl halides is 3. The fourth-order valence-corrected chi connectivity index (χ4v) is 14.5. The minimum atomic E-state index is -5.32. The lowest BCUT2D eigenvalue weighted by Crippen LogP contribution is -2.60. The summed E-state index contributed by atoms with van der Waals surface area (Å²) in [4.78, 5) is 173. The van der Waals surface area contributed by atoms with Crippen molar-refractivity contribution in [2.24, 2.45) is 22.9 Å². The minimum Gasteiger partial charge on any atom is -0.508 e. The van der Waals surface area contributed by atoms with Crippen molar-refractivity contribution in [1.29, 1.82) is 10.8 Å². The van der Waals surface area contributed by atoms with Crippen LogP contribution in [0.25, 0.3) is 33.4 Å². The van der Waals surface area contributed by atoms with E-state index in [-0.39, 0.29) is 124 Å². The fourth-order valence-electron chi connectivity index (χ4n) is 13.0. The van der Waals surface area contributed by atoms with Crippen LogP contribution in [0, 0.1) is 10.8 Å². The SMILES string of the molecule is COc1ccc(C[C@@H](NC(=O)CCc2ccc(O)cc2)C(=O)N[C@@H](Cc2ccccc2)C(=O)N[C@@H](CCC(N)=O)C(=O)N[C@@H](CC(N)=O)C(=O)N[C@@H](CCCNC(=N)N)C(=O)N2CCC[C@H]2C(=O)N[C@@H](CCCCNC(=O)c2ccc(-c3c4ccc(=N)c(S(=O)(=O)O)c-4oc4c(S(=O)(=O)O)c(N)ccc34)c(C(=O)O)c2)C(N)=O)cc1.O=C(O)C(F)(F)F. The Balaban J connectivity index is 0.00000280. The number of benzene rings is 6. The van der Waals surface area contributed by atoms with Crippen LogP contribution in [0.3, 0.4) is 0 Å². The second-order valence-corrected chi connectivity index (χ2v) is 30.5. The summed E-state index contributed by atoms with van der Waals surface area (Å²) in [6.45, 7) is -0.220. The Morgan fingerprint density at radius 1 is 0.615 bits per heavy atom. The Morgan fingerprint density at radius 3 is 1.75 bits per heavy atom. The molecule has 1 saturated heterocycles. The van der Waals surface area contributed by atoms with E-state index >= 15 is 0 Å². The number of likely N-dealkylation sites (tertiary alicyclic amines) is 1. The van der Waals surface area contributed by atoms with Crippen LogP contribution in [-0.4, -0.2) is 204 Å². The quantitative estimate of drug-likeness (QED) is 0.00625. The molecule has 1 aliphatic carbocycles. The number of aliphatic carboxylic acids is 1. The molecule has 122 heavy (non-hydrogen) atoms. The number of aryl methyl sites for hydroxylation is 1. The normalized spacial score (nSPS) is 14.1. The molecule has 1 fully saturated rings. The Hall–Kier alpha value is -13.8. The predicted molar refractivity (Wildman–Crippen MR) is 425 cm³/mol. The van der Waals surface area contributed by atoms with Gasteiger partial charge < -0.3 is 101 Å². The third-order valence-corrected chi connectivity index (χ3v) is 20.8. The van der Waals surface area contributed by atoms with Crippen molar-refractivity contribution in [1.82, 2.24) is 47.4 Å². The van der Waals surface area contributed by atoms with Crippen molar-refractivity contribution in [3.8, 4) is 33.9 Å². The number of phenols is 1. The van der Waals surface area contributed by atoms with Crippen LogP contribution in [0.15, 0.2) is 136 Å². The highest BCUT2D eigenvalue weighted by Crippen LogP contribution is 2.46. The van der Waals surface area contributed by atoms with E-state index in [2.05, 4.69) is 42.5 Å². The minimum absolute atomic E-state index is 0.0205. The van der Waals surface area contributed by atoms with Gasteiger partial charge in [-0.25, -0.2) is 9.59 Å². The number of unbranched alkanes of at least 4 members (excludes halogenated alkanes) is 1. The van der Waals surface area contributed by atoms with Crippen LogP contribution in [0.1, 0.15) is 108 Å². The highest BCUT2D eigenvalue weighted by atomic mass is 32.2. The standard InChI is InChI=1S/C75H88N16O22S2.C2HF3O2/c1-112-44-22-16-41(17-23-44)36-54(85-60(95)31-18-39-14-20-43(92)21-15-39)69(99)89-55(35-40-9-3-2-4-10-40)70(100)87-52(29-30-58(78)93)68(98)90-56(38-59(79)94)71(101)88-53(12-7-33-84-75(81)82)73(103)91-34-8-13-57(91)72(102)86-51(66(80)96)11-5-6-32-83-67(97)42-19-24-45(48(37-42)74(104)105)61-46-25-27-49(76)64(114(106,107)108)62(46)113-63-47(61)26-28-50(77)65(63)115(109,110)111;3-2(4,5)1(6)7/h2-4,9-10,14-17,19-28,37,51-57,76,92H,5-8,11-13,18,29-36,38,77H2,1H3,(H2,78,93)(H2,79,94)(H2,80,96)(H,83,97)(H,85,95)(H,86,102)(H,87,100)(H,88,101)(H,89,99)(H,90,98)(H,104,105)(H4,81,82,84)(H,106,107,108)(H,109,110,111);(H,6,7)/t51-,52-,53-,54+,55-,56-,57-;/m0./s1. The predicted octanol–water partition coefficient (Wildman–Crippen LogP) is 0.613. The van der Waals surface area contributed by atoms with E-state index in [9.17, 15) is 107 Å².